The van der Waals surface area contributed by atoms with Crippen LogP contribution in [-0.2, 0) is 4.74 Å². The maximum atomic E-state index is 5.93. The molecule has 2 rings (SSSR count). The molecule has 0 spiro atoms. The molecule has 1 fully saturated rings. The van der Waals surface area contributed by atoms with Gasteiger partial charge in [0.1, 0.15) is 12.4 Å². The number of benzene rings is 1. The number of halogens is 1. The first-order chi connectivity index (χ1) is 9.50. The molecule has 1 aliphatic rings. The molecule has 108 valence electrons. The zero-order valence-corrected chi connectivity index (χ0v) is 13.1. The van der Waals surface area contributed by atoms with E-state index in [0.717, 1.165) is 29.7 Å². The first-order valence-electron chi connectivity index (χ1n) is 6.96. The molecule has 0 amide bonds. The summed E-state index contributed by atoms with van der Waals surface area (Å²) in [5.41, 5.74) is 2.04. The van der Waals surface area contributed by atoms with Crippen molar-refractivity contribution in [1.82, 2.24) is 0 Å². The Bertz CT molecular complexity index is 526. The normalized spacial score (nSPS) is 20.3. The fourth-order valence-corrected chi connectivity index (χ4v) is 2.47. The Kier molecular flexibility index (Phi) is 4.96. The van der Waals surface area contributed by atoms with Crippen molar-refractivity contribution in [1.29, 1.82) is 0 Å². The second-order valence-corrected chi connectivity index (χ2v) is 6.03. The number of alkyl halides is 1. The second-order valence-electron chi connectivity index (χ2n) is 5.76. The highest BCUT2D eigenvalue weighted by molar-refractivity contribution is 6.19. The van der Waals surface area contributed by atoms with Gasteiger partial charge in [-0.2, -0.15) is 0 Å². The van der Waals surface area contributed by atoms with Crippen molar-refractivity contribution in [2.24, 2.45) is 0 Å². The number of hydrogen-bond acceptors (Lipinski definition) is 2. The van der Waals surface area contributed by atoms with Crippen LogP contribution in [0.3, 0.4) is 0 Å². The van der Waals surface area contributed by atoms with Crippen LogP contribution >= 0.6 is 11.6 Å². The van der Waals surface area contributed by atoms with Gasteiger partial charge in [0.05, 0.1) is 17.6 Å². The summed E-state index contributed by atoms with van der Waals surface area (Å²) in [4.78, 5) is 0. The van der Waals surface area contributed by atoms with E-state index in [1.807, 2.05) is 25.1 Å². The lowest BCUT2D eigenvalue weighted by molar-refractivity contribution is -0.0327. The van der Waals surface area contributed by atoms with Gasteiger partial charge in [0.2, 0.25) is 0 Å². The lowest BCUT2D eigenvalue weighted by Crippen LogP contribution is -2.24. The molecule has 0 N–H and O–H groups in total. The first kappa shape index (κ1) is 15.2. The van der Waals surface area contributed by atoms with E-state index in [-0.39, 0.29) is 11.7 Å². The Hall–Kier alpha value is -1.17. The van der Waals surface area contributed by atoms with Crippen molar-refractivity contribution in [2.45, 2.75) is 45.3 Å². The van der Waals surface area contributed by atoms with E-state index < -0.39 is 0 Å². The summed E-state index contributed by atoms with van der Waals surface area (Å²) in [6, 6.07) is 5.95. The topological polar surface area (TPSA) is 18.5 Å². The van der Waals surface area contributed by atoms with E-state index in [0.29, 0.717) is 12.5 Å². The van der Waals surface area contributed by atoms with Crippen molar-refractivity contribution in [3.05, 3.63) is 29.3 Å². The number of hydrogen-bond donors (Lipinski definition) is 0. The summed E-state index contributed by atoms with van der Waals surface area (Å²) in [5.74, 6) is 7.11. The molecule has 1 heterocycles. The molecule has 1 aromatic carbocycles. The van der Waals surface area contributed by atoms with Crippen molar-refractivity contribution in [2.75, 3.05) is 12.5 Å². The summed E-state index contributed by atoms with van der Waals surface area (Å²) >= 11 is 5.56. The van der Waals surface area contributed by atoms with Crippen molar-refractivity contribution < 1.29 is 9.47 Å². The average molecular weight is 293 g/mol. The van der Waals surface area contributed by atoms with Gasteiger partial charge >= 0.3 is 0 Å². The maximum absolute atomic E-state index is 5.93. The smallest absolute Gasteiger partial charge is 0.122 e. The van der Waals surface area contributed by atoms with Crippen LogP contribution in [0.15, 0.2) is 18.2 Å². The third-order valence-electron chi connectivity index (χ3n) is 3.45. The molecule has 1 aliphatic heterocycles. The molecule has 2 nitrogen and oxygen atoms in total. The van der Waals surface area contributed by atoms with E-state index in [1.54, 1.807) is 0 Å². The Morgan fingerprint density at radius 3 is 2.85 bits per heavy atom. The van der Waals surface area contributed by atoms with Crippen LogP contribution < -0.4 is 4.74 Å². The molecule has 0 radical (unpaired) electrons. The van der Waals surface area contributed by atoms with Gasteiger partial charge < -0.3 is 9.47 Å². The van der Waals surface area contributed by atoms with Gasteiger partial charge in [-0.15, -0.1) is 11.6 Å². The third-order valence-corrected chi connectivity index (χ3v) is 3.59. The molecular weight excluding hydrogens is 272 g/mol. The predicted octanol–water partition coefficient (Wildman–Crippen LogP) is 3.92. The van der Waals surface area contributed by atoms with Gasteiger partial charge in [0.15, 0.2) is 0 Å². The SMILES string of the molecule is Cc1cc(C#CCCl)ccc1OCC1CCC(C)(C)O1. The maximum Gasteiger partial charge on any atom is 0.122 e. The average Bonchev–Trinajstić information content (AvgIpc) is 2.75. The van der Waals surface area contributed by atoms with Gasteiger partial charge in [0, 0.05) is 5.56 Å². The van der Waals surface area contributed by atoms with E-state index in [1.165, 1.54) is 0 Å². The Labute approximate surface area is 126 Å². The summed E-state index contributed by atoms with van der Waals surface area (Å²) in [6.07, 6.45) is 2.35. The fraction of sp³-hybridized carbons (Fsp3) is 0.529. The third kappa shape index (κ3) is 4.16. The van der Waals surface area contributed by atoms with Crippen molar-refractivity contribution in [3.8, 4) is 17.6 Å². The largest absolute Gasteiger partial charge is 0.491 e. The summed E-state index contributed by atoms with van der Waals surface area (Å²) in [7, 11) is 0. The van der Waals surface area contributed by atoms with Gasteiger partial charge in [-0.05, 0) is 57.4 Å². The molecule has 0 aromatic heterocycles. The molecule has 0 bridgehead atoms. The Morgan fingerprint density at radius 1 is 1.45 bits per heavy atom. The lowest BCUT2D eigenvalue weighted by Gasteiger charge is -2.19. The summed E-state index contributed by atoms with van der Waals surface area (Å²) in [5, 5.41) is 0. The van der Waals surface area contributed by atoms with E-state index >= 15 is 0 Å². The molecule has 3 heteroatoms. The number of aryl methyl sites for hydroxylation is 1. The van der Waals surface area contributed by atoms with Crippen LogP contribution in [-0.4, -0.2) is 24.2 Å². The van der Waals surface area contributed by atoms with Crippen LogP contribution in [0.4, 0.5) is 0 Å². The van der Waals surface area contributed by atoms with E-state index in [9.17, 15) is 0 Å². The molecule has 1 unspecified atom stereocenters. The Balaban J connectivity index is 1.93. The van der Waals surface area contributed by atoms with Crippen LogP contribution in [0.25, 0.3) is 0 Å². The van der Waals surface area contributed by atoms with Gasteiger partial charge in [-0.3, -0.25) is 0 Å². The van der Waals surface area contributed by atoms with Gasteiger partial charge in [-0.25, -0.2) is 0 Å². The van der Waals surface area contributed by atoms with Crippen molar-refractivity contribution >= 4 is 11.6 Å². The van der Waals surface area contributed by atoms with Gasteiger partial charge in [-0.1, -0.05) is 11.8 Å². The van der Waals surface area contributed by atoms with Crippen LogP contribution in [0.5, 0.6) is 5.75 Å². The molecule has 0 saturated carbocycles. The zero-order valence-electron chi connectivity index (χ0n) is 12.3. The minimum absolute atomic E-state index is 0.00984. The summed E-state index contributed by atoms with van der Waals surface area (Å²) < 4.78 is 11.8. The van der Waals surface area contributed by atoms with Gasteiger partial charge in [0.25, 0.3) is 0 Å². The molecule has 0 aliphatic carbocycles. The first-order valence-corrected chi connectivity index (χ1v) is 7.50. The minimum atomic E-state index is -0.00984. The van der Waals surface area contributed by atoms with Crippen LogP contribution in [0, 0.1) is 18.8 Å². The highest BCUT2D eigenvalue weighted by atomic mass is 35.5. The highest BCUT2D eigenvalue weighted by Gasteiger charge is 2.31. The predicted molar refractivity (Wildman–Crippen MR) is 82.5 cm³/mol. The van der Waals surface area contributed by atoms with Crippen molar-refractivity contribution in [3.63, 3.8) is 0 Å². The molecular formula is C17H21ClO2. The minimum Gasteiger partial charge on any atom is -0.491 e. The standard InChI is InChI=1S/C17H21ClO2/c1-13-11-14(5-4-10-18)6-7-16(13)19-12-15-8-9-17(2,3)20-15/h6-7,11,15H,8-10,12H2,1-3H3. The van der Waals surface area contributed by atoms with Crippen LogP contribution in [0.2, 0.25) is 0 Å². The number of ether oxygens (including phenoxy) is 2. The monoisotopic (exact) mass is 292 g/mol. The van der Waals surface area contributed by atoms with E-state index in [4.69, 9.17) is 21.1 Å². The Morgan fingerprint density at radius 2 is 2.25 bits per heavy atom. The second kappa shape index (κ2) is 6.52. The molecule has 1 saturated heterocycles. The zero-order chi connectivity index (χ0) is 14.6. The molecule has 20 heavy (non-hydrogen) atoms. The molecule has 1 atom stereocenters. The lowest BCUT2D eigenvalue weighted by atomic mass is 10.1. The molecule has 1 aromatic rings. The van der Waals surface area contributed by atoms with E-state index in [2.05, 4.69) is 25.7 Å². The highest BCUT2D eigenvalue weighted by Crippen LogP contribution is 2.30. The fourth-order valence-electron chi connectivity index (χ4n) is 2.40. The quantitative estimate of drug-likeness (QED) is 0.621. The van der Waals surface area contributed by atoms with Crippen LogP contribution in [0.1, 0.15) is 37.8 Å². The number of rotatable bonds is 3. The summed E-state index contributed by atoms with van der Waals surface area (Å²) in [6.45, 7) is 6.89.